The van der Waals surface area contributed by atoms with Gasteiger partial charge in [0.1, 0.15) is 12.1 Å². The van der Waals surface area contributed by atoms with Crippen LogP contribution in [0.3, 0.4) is 0 Å². The smallest absolute Gasteiger partial charge is 0.353 e. The number of nitrogens with zero attached hydrogens (tertiary/aromatic N) is 6. The molecule has 4 heterocycles. The number of pyridine rings is 1. The maximum atomic E-state index is 13.0. The van der Waals surface area contributed by atoms with Crippen molar-refractivity contribution in [1.82, 2.24) is 24.8 Å². The summed E-state index contributed by atoms with van der Waals surface area (Å²) in [5.41, 5.74) is 1.14. The van der Waals surface area contributed by atoms with Crippen molar-refractivity contribution in [3.63, 3.8) is 0 Å². The molecule has 4 rings (SSSR count). The van der Waals surface area contributed by atoms with E-state index in [0.29, 0.717) is 55.0 Å². The van der Waals surface area contributed by atoms with Gasteiger partial charge in [-0.1, -0.05) is 11.6 Å². The molecule has 33 heavy (non-hydrogen) atoms. The molecule has 7 nitrogen and oxygen atoms in total. The van der Waals surface area contributed by atoms with Gasteiger partial charge in [-0.3, -0.25) is 9.69 Å². The Bertz CT molecular complexity index is 997. The first-order valence-electron chi connectivity index (χ1n) is 10.9. The molecule has 0 unspecified atom stereocenters. The predicted octanol–water partition coefficient (Wildman–Crippen LogP) is 3.59. The third-order valence-electron chi connectivity index (χ3n) is 6.47. The first-order chi connectivity index (χ1) is 15.6. The molecular formula is C22H26ClF3N6O. The quantitative estimate of drug-likeness (QED) is 0.666. The molecule has 2 aliphatic rings. The normalized spacial score (nSPS) is 18.6. The number of likely N-dealkylation sites (tertiary alicyclic amines) is 1. The number of halogens is 4. The number of anilines is 1. The monoisotopic (exact) mass is 482 g/mol. The van der Waals surface area contributed by atoms with Crippen LogP contribution in [0.5, 0.6) is 0 Å². The Morgan fingerprint density at radius 3 is 2.15 bits per heavy atom. The Kier molecular flexibility index (Phi) is 6.76. The highest BCUT2D eigenvalue weighted by molar-refractivity contribution is 6.33. The third-order valence-corrected chi connectivity index (χ3v) is 6.75. The fourth-order valence-corrected chi connectivity index (χ4v) is 4.90. The second-order valence-electron chi connectivity index (χ2n) is 8.49. The number of rotatable bonds is 3. The van der Waals surface area contributed by atoms with Crippen LogP contribution in [0, 0.1) is 13.8 Å². The van der Waals surface area contributed by atoms with Crippen molar-refractivity contribution in [2.45, 2.75) is 38.9 Å². The number of piperazine rings is 1. The zero-order valence-electron chi connectivity index (χ0n) is 18.6. The fraction of sp³-hybridized carbons (Fsp3) is 0.545. The summed E-state index contributed by atoms with van der Waals surface area (Å²) in [5.74, 6) is 0.373. The van der Waals surface area contributed by atoms with Crippen LogP contribution in [0.4, 0.5) is 19.0 Å². The molecule has 0 radical (unpaired) electrons. The number of carbonyl (C=O) groups excluding carboxylic acids is 1. The summed E-state index contributed by atoms with van der Waals surface area (Å²) in [6.07, 6.45) is -0.412. The fourth-order valence-electron chi connectivity index (χ4n) is 4.61. The molecule has 0 aliphatic carbocycles. The van der Waals surface area contributed by atoms with Crippen LogP contribution in [0.2, 0.25) is 5.02 Å². The van der Waals surface area contributed by atoms with E-state index in [4.69, 9.17) is 11.6 Å². The van der Waals surface area contributed by atoms with E-state index >= 15 is 0 Å². The molecule has 2 aromatic rings. The molecular weight excluding hydrogens is 457 g/mol. The number of amides is 1. The van der Waals surface area contributed by atoms with Crippen molar-refractivity contribution >= 4 is 23.3 Å². The SMILES string of the molecule is Cc1ncnc(C)c1C(=O)N1CCC(N2CCN(c3ncc(C(F)(F)F)cc3Cl)CC2)CC1. The summed E-state index contributed by atoms with van der Waals surface area (Å²) in [6.45, 7) is 7.80. The first-order valence-corrected chi connectivity index (χ1v) is 11.3. The van der Waals surface area contributed by atoms with Crippen molar-refractivity contribution in [3.05, 3.63) is 46.1 Å². The molecule has 0 N–H and O–H groups in total. The minimum Gasteiger partial charge on any atom is -0.353 e. The summed E-state index contributed by atoms with van der Waals surface area (Å²) < 4.78 is 38.6. The van der Waals surface area contributed by atoms with E-state index < -0.39 is 11.7 Å². The molecule has 178 valence electrons. The Hall–Kier alpha value is -2.46. The van der Waals surface area contributed by atoms with Gasteiger partial charge in [-0.25, -0.2) is 15.0 Å². The van der Waals surface area contributed by atoms with Gasteiger partial charge in [0.2, 0.25) is 0 Å². The minimum absolute atomic E-state index is 0.0144. The molecule has 0 bridgehead atoms. The largest absolute Gasteiger partial charge is 0.417 e. The average Bonchev–Trinajstić information content (AvgIpc) is 2.78. The molecule has 2 saturated heterocycles. The van der Waals surface area contributed by atoms with Crippen LogP contribution in [-0.4, -0.2) is 76.0 Å². The summed E-state index contributed by atoms with van der Waals surface area (Å²) in [7, 11) is 0. The number of carbonyl (C=O) groups is 1. The maximum absolute atomic E-state index is 13.0. The molecule has 2 aliphatic heterocycles. The molecule has 11 heteroatoms. The van der Waals surface area contributed by atoms with E-state index in [2.05, 4.69) is 19.9 Å². The number of piperidine rings is 1. The van der Waals surface area contributed by atoms with Gasteiger partial charge in [-0.05, 0) is 32.8 Å². The van der Waals surface area contributed by atoms with Gasteiger partial charge in [0.05, 0.1) is 27.5 Å². The van der Waals surface area contributed by atoms with E-state index in [0.717, 1.165) is 38.2 Å². The van der Waals surface area contributed by atoms with Crippen LogP contribution in [-0.2, 0) is 6.18 Å². The summed E-state index contributed by atoms with van der Waals surface area (Å²) in [4.78, 5) is 31.5. The van der Waals surface area contributed by atoms with Crippen LogP contribution in [0.15, 0.2) is 18.6 Å². The zero-order valence-corrected chi connectivity index (χ0v) is 19.3. The van der Waals surface area contributed by atoms with Gasteiger partial charge in [0.25, 0.3) is 5.91 Å². The van der Waals surface area contributed by atoms with Crippen molar-refractivity contribution in [2.75, 3.05) is 44.2 Å². The van der Waals surface area contributed by atoms with Crippen LogP contribution in [0.1, 0.15) is 40.2 Å². The predicted molar refractivity (Wildman–Crippen MR) is 118 cm³/mol. The standard InChI is InChI=1S/C22H26ClF3N6O/c1-14-19(15(2)29-13-28-14)21(33)32-5-3-17(4-6-32)30-7-9-31(10-8-30)20-18(23)11-16(12-27-20)22(24,25)26/h11-13,17H,3-10H2,1-2H3. The lowest BCUT2D eigenvalue weighted by Gasteiger charge is -2.43. The van der Waals surface area contributed by atoms with Crippen molar-refractivity contribution in [1.29, 1.82) is 0 Å². The highest BCUT2D eigenvalue weighted by Crippen LogP contribution is 2.34. The van der Waals surface area contributed by atoms with Crippen LogP contribution < -0.4 is 4.90 Å². The molecule has 0 atom stereocenters. The van der Waals surface area contributed by atoms with Gasteiger partial charge in [-0.2, -0.15) is 13.2 Å². The highest BCUT2D eigenvalue weighted by atomic mass is 35.5. The number of hydrogen-bond donors (Lipinski definition) is 0. The molecule has 0 aromatic carbocycles. The lowest BCUT2D eigenvalue weighted by atomic mass is 10.0. The van der Waals surface area contributed by atoms with Crippen LogP contribution in [0.25, 0.3) is 0 Å². The summed E-state index contributed by atoms with van der Waals surface area (Å²) in [6, 6.07) is 1.30. The zero-order chi connectivity index (χ0) is 23.8. The van der Waals surface area contributed by atoms with Crippen LogP contribution >= 0.6 is 11.6 Å². The molecule has 2 fully saturated rings. The van der Waals surface area contributed by atoms with E-state index in [1.165, 1.54) is 6.33 Å². The Labute approximate surface area is 195 Å². The Balaban J connectivity index is 1.31. The highest BCUT2D eigenvalue weighted by Gasteiger charge is 2.33. The Morgan fingerprint density at radius 1 is 1.00 bits per heavy atom. The van der Waals surface area contributed by atoms with Crippen molar-refractivity contribution < 1.29 is 18.0 Å². The molecule has 1 amide bonds. The lowest BCUT2D eigenvalue weighted by Crippen LogP contribution is -2.54. The third kappa shape index (κ3) is 5.06. The second-order valence-corrected chi connectivity index (χ2v) is 8.90. The number of aromatic nitrogens is 3. The van der Waals surface area contributed by atoms with E-state index in [-0.39, 0.29) is 10.9 Å². The van der Waals surface area contributed by atoms with E-state index in [1.54, 1.807) is 0 Å². The van der Waals surface area contributed by atoms with Gasteiger partial charge < -0.3 is 9.80 Å². The van der Waals surface area contributed by atoms with Crippen molar-refractivity contribution in [2.24, 2.45) is 0 Å². The van der Waals surface area contributed by atoms with Gasteiger partial charge in [-0.15, -0.1) is 0 Å². The second kappa shape index (κ2) is 9.42. The molecule has 2 aromatic heterocycles. The minimum atomic E-state index is -4.46. The molecule has 0 spiro atoms. The van der Waals surface area contributed by atoms with E-state index in [1.807, 2.05) is 23.6 Å². The lowest BCUT2D eigenvalue weighted by molar-refractivity contribution is -0.137. The van der Waals surface area contributed by atoms with Gasteiger partial charge in [0.15, 0.2) is 0 Å². The first kappa shape index (κ1) is 23.7. The number of alkyl halides is 3. The van der Waals surface area contributed by atoms with Crippen molar-refractivity contribution in [3.8, 4) is 0 Å². The molecule has 0 saturated carbocycles. The maximum Gasteiger partial charge on any atom is 0.417 e. The Morgan fingerprint density at radius 2 is 1.61 bits per heavy atom. The number of hydrogen-bond acceptors (Lipinski definition) is 6. The van der Waals surface area contributed by atoms with Gasteiger partial charge in [0, 0.05) is 51.5 Å². The average molecular weight is 483 g/mol. The number of aryl methyl sites for hydroxylation is 2. The topological polar surface area (TPSA) is 65.5 Å². The summed E-state index contributed by atoms with van der Waals surface area (Å²) >= 11 is 6.11. The summed E-state index contributed by atoms with van der Waals surface area (Å²) in [5, 5.41) is 0.0144. The van der Waals surface area contributed by atoms with Gasteiger partial charge >= 0.3 is 6.18 Å². The van der Waals surface area contributed by atoms with E-state index in [9.17, 15) is 18.0 Å².